The molecule has 1 heterocycles. The molecule has 0 radical (unpaired) electrons. The predicted octanol–water partition coefficient (Wildman–Crippen LogP) is 2.84. The van der Waals surface area contributed by atoms with Crippen LogP contribution in [0.5, 0.6) is 0 Å². The van der Waals surface area contributed by atoms with E-state index in [0.717, 1.165) is 10.6 Å². The molecule has 2 N–H and O–H groups in total. The molecule has 0 aliphatic carbocycles. The molecule has 1 fully saturated rings. The van der Waals surface area contributed by atoms with Gasteiger partial charge in [0.05, 0.1) is 24.6 Å². The monoisotopic (exact) mass is 509 g/mol. The van der Waals surface area contributed by atoms with Crippen LogP contribution in [0.3, 0.4) is 0 Å². The number of hydrogen-bond donors (Lipinski definition) is 2. The molecule has 0 spiro atoms. The summed E-state index contributed by atoms with van der Waals surface area (Å²) in [5.74, 6) is -3.46. The molecular weight excluding hydrogens is 478 g/mol. The average molecular weight is 510 g/mol. The van der Waals surface area contributed by atoms with Crippen molar-refractivity contribution in [2.75, 3.05) is 25.1 Å². The Morgan fingerprint density at radius 3 is 2.16 bits per heavy atom. The number of amides is 3. The van der Waals surface area contributed by atoms with Crippen LogP contribution in [0.4, 0.5) is 5.69 Å². The largest absolute Gasteiger partial charge is 0.462 e. The number of nitrogens with zero attached hydrogens (tertiary/aromatic N) is 1. The number of anilines is 1. The van der Waals surface area contributed by atoms with E-state index in [1.165, 1.54) is 24.3 Å². The van der Waals surface area contributed by atoms with Gasteiger partial charge in [-0.25, -0.2) is 4.79 Å². The van der Waals surface area contributed by atoms with Gasteiger partial charge >= 0.3 is 11.9 Å². The van der Waals surface area contributed by atoms with Gasteiger partial charge < -0.3 is 14.8 Å². The first-order valence-electron chi connectivity index (χ1n) is 11.9. The number of esters is 2. The summed E-state index contributed by atoms with van der Waals surface area (Å²) in [4.78, 5) is 61.2. The SMILES string of the molecule is CCOC(=O)c1ccc(NC(=O)COC(=O)[C@@H]2CC(=O)N(NC(=O)c3ccc(C(C)(C)C)cc3)C2)cc1. The third-order valence-electron chi connectivity index (χ3n) is 5.73. The van der Waals surface area contributed by atoms with Crippen LogP contribution in [0, 0.1) is 5.92 Å². The summed E-state index contributed by atoms with van der Waals surface area (Å²) < 4.78 is 9.97. The maximum atomic E-state index is 12.6. The van der Waals surface area contributed by atoms with Gasteiger partial charge in [0.15, 0.2) is 6.61 Å². The van der Waals surface area contributed by atoms with Crippen molar-refractivity contribution in [1.29, 1.82) is 0 Å². The number of ether oxygens (including phenoxy) is 2. The fourth-order valence-electron chi connectivity index (χ4n) is 3.64. The second kappa shape index (κ2) is 11.7. The third-order valence-corrected chi connectivity index (χ3v) is 5.73. The van der Waals surface area contributed by atoms with Gasteiger partial charge in [0.1, 0.15) is 0 Å². The van der Waals surface area contributed by atoms with Crippen molar-refractivity contribution in [3.8, 4) is 0 Å². The molecule has 3 rings (SSSR count). The predicted molar refractivity (Wildman–Crippen MR) is 134 cm³/mol. The van der Waals surface area contributed by atoms with E-state index in [4.69, 9.17) is 9.47 Å². The zero-order valence-corrected chi connectivity index (χ0v) is 21.3. The fraction of sp³-hybridized carbons (Fsp3) is 0.370. The highest BCUT2D eigenvalue weighted by Gasteiger charge is 2.36. The van der Waals surface area contributed by atoms with Crippen LogP contribution in [0.1, 0.15) is 60.4 Å². The first kappa shape index (κ1) is 27.4. The lowest BCUT2D eigenvalue weighted by Crippen LogP contribution is -2.43. The van der Waals surface area contributed by atoms with E-state index in [1.807, 2.05) is 12.1 Å². The Hall–Kier alpha value is -4.21. The maximum Gasteiger partial charge on any atom is 0.338 e. The second-order valence-electron chi connectivity index (χ2n) is 9.63. The molecule has 37 heavy (non-hydrogen) atoms. The van der Waals surface area contributed by atoms with E-state index in [0.29, 0.717) is 16.8 Å². The molecule has 0 unspecified atom stereocenters. The highest BCUT2D eigenvalue weighted by molar-refractivity contribution is 5.97. The number of nitrogens with one attached hydrogen (secondary N) is 2. The molecule has 196 valence electrons. The normalized spacial score (nSPS) is 15.2. The molecule has 3 amide bonds. The summed E-state index contributed by atoms with van der Waals surface area (Å²) in [6.07, 6.45) is -0.140. The first-order chi connectivity index (χ1) is 17.5. The van der Waals surface area contributed by atoms with Gasteiger partial charge in [-0.15, -0.1) is 0 Å². The lowest BCUT2D eigenvalue weighted by Gasteiger charge is -2.20. The molecule has 2 aromatic carbocycles. The van der Waals surface area contributed by atoms with E-state index in [9.17, 15) is 24.0 Å². The van der Waals surface area contributed by atoms with E-state index >= 15 is 0 Å². The van der Waals surface area contributed by atoms with Crippen molar-refractivity contribution in [2.24, 2.45) is 5.92 Å². The molecule has 2 aromatic rings. The van der Waals surface area contributed by atoms with Gasteiger partial charge in [-0.3, -0.25) is 29.6 Å². The number of carbonyl (C=O) groups excluding carboxylic acids is 5. The van der Waals surface area contributed by atoms with Gasteiger partial charge in [0.2, 0.25) is 5.91 Å². The minimum atomic E-state index is -0.812. The molecule has 1 saturated heterocycles. The van der Waals surface area contributed by atoms with Gasteiger partial charge in [-0.05, 0) is 54.3 Å². The van der Waals surface area contributed by atoms with Crippen molar-refractivity contribution in [1.82, 2.24) is 10.4 Å². The molecule has 1 aliphatic heterocycles. The summed E-state index contributed by atoms with van der Waals surface area (Å²) >= 11 is 0. The highest BCUT2D eigenvalue weighted by atomic mass is 16.5. The molecule has 10 heteroatoms. The molecule has 0 bridgehead atoms. The van der Waals surface area contributed by atoms with Gasteiger partial charge in [0, 0.05) is 17.7 Å². The van der Waals surface area contributed by atoms with Crippen LogP contribution >= 0.6 is 0 Å². The van der Waals surface area contributed by atoms with Crippen LogP contribution in [-0.2, 0) is 29.3 Å². The Bertz CT molecular complexity index is 1170. The van der Waals surface area contributed by atoms with Crippen molar-refractivity contribution in [2.45, 2.75) is 39.5 Å². The zero-order valence-electron chi connectivity index (χ0n) is 21.3. The minimum Gasteiger partial charge on any atom is -0.462 e. The average Bonchev–Trinajstić information content (AvgIpc) is 3.22. The summed E-state index contributed by atoms with van der Waals surface area (Å²) in [6.45, 7) is 7.56. The third kappa shape index (κ3) is 7.39. The Morgan fingerprint density at radius 2 is 1.57 bits per heavy atom. The van der Waals surface area contributed by atoms with Gasteiger partial charge in [0.25, 0.3) is 11.8 Å². The Morgan fingerprint density at radius 1 is 0.946 bits per heavy atom. The standard InChI is InChI=1S/C27H31N3O7/c1-5-36-25(34)18-8-12-21(13-9-18)28-22(31)16-37-26(35)19-14-23(32)30(15-19)29-24(33)17-6-10-20(11-7-17)27(2,3)4/h6-13,19H,5,14-16H2,1-4H3,(H,28,31)(H,29,33)/t19-/m1/s1. The second-order valence-corrected chi connectivity index (χ2v) is 9.63. The van der Waals surface area contributed by atoms with E-state index in [2.05, 4.69) is 31.5 Å². The number of benzene rings is 2. The van der Waals surface area contributed by atoms with Crippen LogP contribution in [0.15, 0.2) is 48.5 Å². The Kier molecular flexibility index (Phi) is 8.65. The van der Waals surface area contributed by atoms with Crippen LogP contribution in [-0.4, -0.2) is 54.4 Å². The molecule has 0 aromatic heterocycles. The van der Waals surface area contributed by atoms with E-state index in [-0.39, 0.29) is 25.0 Å². The van der Waals surface area contributed by atoms with Crippen molar-refractivity contribution in [3.05, 3.63) is 65.2 Å². The van der Waals surface area contributed by atoms with Crippen LogP contribution < -0.4 is 10.7 Å². The molecule has 10 nitrogen and oxygen atoms in total. The first-order valence-corrected chi connectivity index (χ1v) is 11.9. The van der Waals surface area contributed by atoms with Gasteiger partial charge in [-0.1, -0.05) is 32.9 Å². The van der Waals surface area contributed by atoms with Crippen molar-refractivity contribution >= 4 is 35.3 Å². The lowest BCUT2D eigenvalue weighted by atomic mass is 9.87. The number of hydrogen-bond acceptors (Lipinski definition) is 7. The topological polar surface area (TPSA) is 131 Å². The molecule has 1 atom stereocenters. The van der Waals surface area contributed by atoms with E-state index < -0.39 is 42.2 Å². The Labute approximate surface area is 215 Å². The number of carbonyl (C=O) groups is 5. The molecule has 1 aliphatic rings. The highest BCUT2D eigenvalue weighted by Crippen LogP contribution is 2.23. The number of hydrazine groups is 1. The van der Waals surface area contributed by atoms with Crippen molar-refractivity contribution < 1.29 is 33.4 Å². The van der Waals surface area contributed by atoms with Crippen LogP contribution in [0.25, 0.3) is 0 Å². The molecule has 0 saturated carbocycles. The molecular formula is C27H31N3O7. The number of rotatable bonds is 8. The van der Waals surface area contributed by atoms with Gasteiger partial charge in [-0.2, -0.15) is 0 Å². The van der Waals surface area contributed by atoms with Crippen LogP contribution in [0.2, 0.25) is 0 Å². The smallest absolute Gasteiger partial charge is 0.338 e. The Balaban J connectivity index is 1.46. The summed E-state index contributed by atoms with van der Waals surface area (Å²) in [5, 5.41) is 3.65. The maximum absolute atomic E-state index is 12.6. The lowest BCUT2D eigenvalue weighted by molar-refractivity contribution is -0.151. The van der Waals surface area contributed by atoms with Crippen molar-refractivity contribution in [3.63, 3.8) is 0 Å². The minimum absolute atomic E-state index is 0.0551. The summed E-state index contributed by atoms with van der Waals surface area (Å²) in [6, 6.07) is 13.2. The quantitative estimate of drug-likeness (QED) is 0.523. The van der Waals surface area contributed by atoms with E-state index in [1.54, 1.807) is 19.1 Å². The fourth-order valence-corrected chi connectivity index (χ4v) is 3.64. The summed E-state index contributed by atoms with van der Waals surface area (Å²) in [7, 11) is 0. The zero-order chi connectivity index (χ0) is 27.2. The summed E-state index contributed by atoms with van der Waals surface area (Å²) in [5.41, 5.74) is 4.69.